The van der Waals surface area contributed by atoms with Crippen molar-refractivity contribution in [3.8, 4) is 0 Å². The number of ether oxygens (including phenoxy) is 3. The third kappa shape index (κ3) is 38.7. The van der Waals surface area contributed by atoms with Crippen LogP contribution in [0, 0.1) is 0 Å². The number of esters is 2. The summed E-state index contributed by atoms with van der Waals surface area (Å²) in [5.74, 6) is -0.440. The van der Waals surface area contributed by atoms with Crippen LogP contribution in [0.1, 0.15) is 201 Å². The summed E-state index contributed by atoms with van der Waals surface area (Å²) in [5.41, 5.74) is 0. The normalized spacial score (nSPS) is 12.6. The fourth-order valence-corrected chi connectivity index (χ4v) is 5.69. The maximum Gasteiger partial charge on any atom is 0.306 e. The molecule has 0 N–H and O–H groups in total. The van der Waals surface area contributed by atoms with E-state index >= 15 is 0 Å². The van der Waals surface area contributed by atoms with Crippen LogP contribution in [0.4, 0.5) is 0 Å². The van der Waals surface area contributed by atoms with Gasteiger partial charge in [0.1, 0.15) is 6.61 Å². The molecule has 5 nitrogen and oxygen atoms in total. The maximum absolute atomic E-state index is 12.6. The Morgan fingerprint density at radius 1 is 0.460 bits per heavy atom. The standard InChI is InChI=1S/C45H80O5/c1-4-7-10-13-16-18-20-22-24-26-28-31-34-37-40-48-41-43(50-45(47)39-36-33-29-15-12-9-6-3)42-49-44(46)38-35-32-30-27-25-23-21-19-17-14-11-8-5-2/h8,11,17-20,23,25,43H,4-7,9-10,12-16,21-22,24,26-42H2,1-3H3/b11-8-,19-17-,20-18-,25-23-. The van der Waals surface area contributed by atoms with Gasteiger partial charge in [0.2, 0.25) is 0 Å². The van der Waals surface area contributed by atoms with Crippen molar-refractivity contribution in [2.75, 3.05) is 19.8 Å². The molecule has 50 heavy (non-hydrogen) atoms. The number of rotatable bonds is 38. The average Bonchev–Trinajstić information content (AvgIpc) is 3.11. The van der Waals surface area contributed by atoms with Crippen molar-refractivity contribution in [2.45, 2.75) is 207 Å². The molecule has 0 aromatic rings. The molecule has 0 aromatic heterocycles. The Morgan fingerprint density at radius 2 is 0.900 bits per heavy atom. The molecule has 0 saturated heterocycles. The number of allylic oxidation sites excluding steroid dienone is 8. The van der Waals surface area contributed by atoms with Crippen LogP contribution in [-0.2, 0) is 23.8 Å². The summed E-state index contributed by atoms with van der Waals surface area (Å²) < 4.78 is 17.2. The first-order valence-corrected chi connectivity index (χ1v) is 21.2. The van der Waals surface area contributed by atoms with Crippen LogP contribution < -0.4 is 0 Å². The zero-order valence-corrected chi connectivity index (χ0v) is 33.2. The van der Waals surface area contributed by atoms with E-state index in [9.17, 15) is 9.59 Å². The fraction of sp³-hybridized carbons (Fsp3) is 0.778. The molecule has 0 heterocycles. The van der Waals surface area contributed by atoms with Crippen molar-refractivity contribution in [1.82, 2.24) is 0 Å². The topological polar surface area (TPSA) is 61.8 Å². The number of carbonyl (C=O) groups is 2. The van der Waals surface area contributed by atoms with E-state index in [0.717, 1.165) is 70.6 Å². The van der Waals surface area contributed by atoms with Crippen molar-refractivity contribution >= 4 is 11.9 Å². The molecule has 5 heteroatoms. The van der Waals surface area contributed by atoms with Crippen molar-refractivity contribution < 1.29 is 23.8 Å². The van der Waals surface area contributed by atoms with E-state index in [1.165, 1.54) is 96.3 Å². The van der Waals surface area contributed by atoms with Gasteiger partial charge in [-0.25, -0.2) is 0 Å². The smallest absolute Gasteiger partial charge is 0.306 e. The second-order valence-corrected chi connectivity index (χ2v) is 13.9. The van der Waals surface area contributed by atoms with Crippen molar-refractivity contribution in [1.29, 1.82) is 0 Å². The molecule has 0 aliphatic heterocycles. The Labute approximate surface area is 310 Å². The fourth-order valence-electron chi connectivity index (χ4n) is 5.69. The summed E-state index contributed by atoms with van der Waals surface area (Å²) in [5, 5.41) is 0. The van der Waals surface area contributed by atoms with Gasteiger partial charge in [-0.2, -0.15) is 0 Å². The van der Waals surface area contributed by atoms with Gasteiger partial charge in [-0.05, 0) is 77.0 Å². The van der Waals surface area contributed by atoms with Crippen LogP contribution >= 0.6 is 0 Å². The van der Waals surface area contributed by atoms with Gasteiger partial charge in [0.15, 0.2) is 6.10 Å². The maximum atomic E-state index is 12.6. The lowest BCUT2D eigenvalue weighted by atomic mass is 10.1. The third-order valence-electron chi connectivity index (χ3n) is 8.85. The number of carbonyl (C=O) groups excluding carboxylic acids is 2. The largest absolute Gasteiger partial charge is 0.462 e. The highest BCUT2D eigenvalue weighted by molar-refractivity contribution is 5.70. The highest BCUT2D eigenvalue weighted by atomic mass is 16.6. The van der Waals surface area contributed by atoms with Crippen LogP contribution in [0.5, 0.6) is 0 Å². The predicted octanol–water partition coefficient (Wildman–Crippen LogP) is 13.7. The van der Waals surface area contributed by atoms with Gasteiger partial charge in [-0.1, -0.05) is 159 Å². The van der Waals surface area contributed by atoms with Gasteiger partial charge in [0, 0.05) is 19.4 Å². The van der Waals surface area contributed by atoms with E-state index < -0.39 is 6.10 Å². The van der Waals surface area contributed by atoms with E-state index in [-0.39, 0.29) is 25.2 Å². The molecule has 1 unspecified atom stereocenters. The second-order valence-electron chi connectivity index (χ2n) is 13.9. The van der Waals surface area contributed by atoms with Crippen molar-refractivity contribution in [3.05, 3.63) is 48.6 Å². The van der Waals surface area contributed by atoms with Crippen molar-refractivity contribution in [2.24, 2.45) is 0 Å². The summed E-state index contributed by atoms with van der Waals surface area (Å²) in [6, 6.07) is 0. The van der Waals surface area contributed by atoms with Gasteiger partial charge in [0.05, 0.1) is 6.61 Å². The SMILES string of the molecule is CC/C=C\C/C=C\C/C=C\CCCCCC(=O)OCC(COCCCCCCCC/C=C\CCCCCC)OC(=O)CCCCCCCCC. The molecular formula is C45H80O5. The minimum atomic E-state index is -0.544. The molecule has 0 aliphatic carbocycles. The van der Waals surface area contributed by atoms with Gasteiger partial charge >= 0.3 is 11.9 Å². The summed E-state index contributed by atoms with van der Waals surface area (Å²) in [7, 11) is 0. The lowest BCUT2D eigenvalue weighted by molar-refractivity contribution is -0.163. The van der Waals surface area contributed by atoms with E-state index in [1.54, 1.807) is 0 Å². The molecule has 0 aliphatic rings. The van der Waals surface area contributed by atoms with E-state index in [2.05, 4.69) is 69.4 Å². The molecule has 0 bridgehead atoms. The van der Waals surface area contributed by atoms with Gasteiger partial charge in [0.25, 0.3) is 0 Å². The van der Waals surface area contributed by atoms with E-state index in [1.807, 2.05) is 0 Å². The zero-order chi connectivity index (χ0) is 36.4. The predicted molar refractivity (Wildman–Crippen MR) is 215 cm³/mol. The second kappa shape index (κ2) is 41.3. The number of unbranched alkanes of at least 4 members (excludes halogenated alkanes) is 19. The van der Waals surface area contributed by atoms with Crippen LogP contribution in [-0.4, -0.2) is 37.9 Å². The molecule has 0 fully saturated rings. The highest BCUT2D eigenvalue weighted by Crippen LogP contribution is 2.12. The highest BCUT2D eigenvalue weighted by Gasteiger charge is 2.17. The Bertz CT molecular complexity index is 842. The van der Waals surface area contributed by atoms with E-state index in [4.69, 9.17) is 14.2 Å². The first-order chi connectivity index (χ1) is 24.6. The van der Waals surface area contributed by atoms with Gasteiger partial charge in [-0.3, -0.25) is 9.59 Å². The van der Waals surface area contributed by atoms with Crippen LogP contribution in [0.15, 0.2) is 48.6 Å². The average molecular weight is 701 g/mol. The number of hydrogen-bond donors (Lipinski definition) is 0. The third-order valence-corrected chi connectivity index (χ3v) is 8.85. The molecular weight excluding hydrogens is 620 g/mol. The molecule has 0 amide bonds. The van der Waals surface area contributed by atoms with Crippen LogP contribution in [0.3, 0.4) is 0 Å². The monoisotopic (exact) mass is 701 g/mol. The van der Waals surface area contributed by atoms with Crippen LogP contribution in [0.25, 0.3) is 0 Å². The summed E-state index contributed by atoms with van der Waals surface area (Å²) in [6.07, 6.45) is 48.3. The quantitative estimate of drug-likeness (QED) is 0.0364. The van der Waals surface area contributed by atoms with Gasteiger partial charge in [-0.15, -0.1) is 0 Å². The molecule has 0 radical (unpaired) electrons. The van der Waals surface area contributed by atoms with Crippen molar-refractivity contribution in [3.63, 3.8) is 0 Å². The lowest BCUT2D eigenvalue weighted by Gasteiger charge is -2.18. The molecule has 290 valence electrons. The first kappa shape index (κ1) is 47.9. The van der Waals surface area contributed by atoms with Crippen LogP contribution in [0.2, 0.25) is 0 Å². The molecule has 0 rings (SSSR count). The van der Waals surface area contributed by atoms with Gasteiger partial charge < -0.3 is 14.2 Å². The Morgan fingerprint density at radius 3 is 1.50 bits per heavy atom. The Balaban J connectivity index is 4.23. The lowest BCUT2D eigenvalue weighted by Crippen LogP contribution is -2.30. The molecule has 1 atom stereocenters. The summed E-state index contributed by atoms with van der Waals surface area (Å²) in [6.45, 7) is 7.62. The number of hydrogen-bond acceptors (Lipinski definition) is 5. The summed E-state index contributed by atoms with van der Waals surface area (Å²) >= 11 is 0. The molecule has 0 saturated carbocycles. The summed E-state index contributed by atoms with van der Waals surface area (Å²) in [4.78, 5) is 25.0. The Hall–Kier alpha value is -2.14. The van der Waals surface area contributed by atoms with E-state index in [0.29, 0.717) is 19.4 Å². The molecule has 0 spiro atoms. The molecule has 0 aromatic carbocycles. The first-order valence-electron chi connectivity index (χ1n) is 21.2. The minimum absolute atomic E-state index is 0.0687. The zero-order valence-electron chi connectivity index (χ0n) is 33.2. The minimum Gasteiger partial charge on any atom is -0.462 e. The Kier molecular flexibility index (Phi) is 39.5.